The number of carbonyl (C=O) groups is 2. The van der Waals surface area contributed by atoms with Gasteiger partial charge in [0.15, 0.2) is 5.78 Å². The molecule has 2 N–H and O–H groups in total. The van der Waals surface area contributed by atoms with Crippen molar-refractivity contribution in [3.63, 3.8) is 0 Å². The van der Waals surface area contributed by atoms with E-state index in [2.05, 4.69) is 15.6 Å². The van der Waals surface area contributed by atoms with E-state index < -0.39 is 28.5 Å². The van der Waals surface area contributed by atoms with E-state index in [0.717, 1.165) is 34.6 Å². The van der Waals surface area contributed by atoms with E-state index in [0.29, 0.717) is 5.56 Å². The normalized spacial score (nSPS) is 11.7. The molecular weight excluding hydrogens is 519 g/mol. The number of aromatic nitrogens is 1. The summed E-state index contributed by atoms with van der Waals surface area (Å²) in [6, 6.07) is 12.8. The Kier molecular flexibility index (Phi) is 8.72. The summed E-state index contributed by atoms with van der Waals surface area (Å²) in [5.74, 6) is -0.200. The number of alkyl halides is 3. The molecule has 1 aromatic heterocycles. The van der Waals surface area contributed by atoms with E-state index in [4.69, 9.17) is 16.3 Å². The van der Waals surface area contributed by atoms with Crippen molar-refractivity contribution >= 4 is 34.9 Å². The molecule has 10 heteroatoms. The van der Waals surface area contributed by atoms with Crippen molar-refractivity contribution in [1.29, 1.82) is 0 Å². The average molecular weight is 548 g/mol. The third-order valence-corrected chi connectivity index (χ3v) is 5.63. The molecule has 0 saturated heterocycles. The fraction of sp³-hybridized carbons (Fsp3) is 0.321. The quantitative estimate of drug-likeness (QED) is 0.292. The summed E-state index contributed by atoms with van der Waals surface area (Å²) in [5.41, 5.74) is 2.04. The smallest absolute Gasteiger partial charge is 0.417 e. The Labute approximate surface area is 224 Å². The van der Waals surface area contributed by atoms with Crippen molar-refractivity contribution in [2.45, 2.75) is 52.8 Å². The molecule has 0 saturated carbocycles. The summed E-state index contributed by atoms with van der Waals surface area (Å²) in [5, 5.41) is 4.67. The molecule has 0 spiro atoms. The molecule has 3 rings (SSSR count). The van der Waals surface area contributed by atoms with Gasteiger partial charge in [-0.1, -0.05) is 29.8 Å². The van der Waals surface area contributed by atoms with Crippen molar-refractivity contribution in [1.82, 2.24) is 4.98 Å². The predicted octanol–water partition coefficient (Wildman–Crippen LogP) is 8.07. The maximum atomic E-state index is 13.5. The number of ketones is 1. The fourth-order valence-corrected chi connectivity index (χ4v) is 4.05. The second kappa shape index (κ2) is 11.4. The van der Waals surface area contributed by atoms with Crippen LogP contribution in [0.25, 0.3) is 11.1 Å². The minimum absolute atomic E-state index is 0.00452. The number of ether oxygens (including phenoxy) is 1. The molecule has 0 atom stereocenters. The van der Waals surface area contributed by atoms with Crippen LogP contribution in [0.3, 0.4) is 0 Å². The Morgan fingerprint density at radius 3 is 2.21 bits per heavy atom. The minimum Gasteiger partial charge on any atom is -0.444 e. The number of rotatable bonds is 7. The van der Waals surface area contributed by atoms with E-state index >= 15 is 0 Å². The van der Waals surface area contributed by atoms with Gasteiger partial charge in [-0.05, 0) is 76.1 Å². The lowest BCUT2D eigenvalue weighted by molar-refractivity contribution is -0.137. The molecule has 0 unspecified atom stereocenters. The van der Waals surface area contributed by atoms with Gasteiger partial charge in [-0.2, -0.15) is 13.2 Å². The van der Waals surface area contributed by atoms with Gasteiger partial charge in [-0.15, -0.1) is 0 Å². The Morgan fingerprint density at radius 1 is 0.947 bits per heavy atom. The van der Waals surface area contributed by atoms with Gasteiger partial charge in [-0.3, -0.25) is 15.1 Å². The first kappa shape index (κ1) is 29.0. The summed E-state index contributed by atoms with van der Waals surface area (Å²) in [4.78, 5) is 29.5. The molecule has 202 valence electrons. The zero-order valence-corrected chi connectivity index (χ0v) is 22.5. The number of amides is 1. The van der Waals surface area contributed by atoms with Gasteiger partial charge in [0.1, 0.15) is 5.60 Å². The van der Waals surface area contributed by atoms with Gasteiger partial charge < -0.3 is 10.1 Å². The number of hydrogen-bond donors (Lipinski definition) is 2. The van der Waals surface area contributed by atoms with Crippen LogP contribution in [-0.2, 0) is 10.9 Å². The Hall–Kier alpha value is -3.59. The molecule has 6 nitrogen and oxygen atoms in total. The number of aryl methyl sites for hydroxylation is 2. The number of carbonyl (C=O) groups excluding carboxylic acids is 2. The largest absolute Gasteiger partial charge is 0.444 e. The molecule has 2 aromatic carbocycles. The zero-order valence-electron chi connectivity index (χ0n) is 21.7. The highest BCUT2D eigenvalue weighted by Crippen LogP contribution is 2.39. The molecule has 0 aliphatic rings. The molecule has 0 fully saturated rings. The molecule has 0 bridgehead atoms. The summed E-state index contributed by atoms with van der Waals surface area (Å²) in [6.07, 6.45) is -5.57. The monoisotopic (exact) mass is 547 g/mol. The Bertz CT molecular complexity index is 1330. The molecule has 1 amide bonds. The van der Waals surface area contributed by atoms with Crippen LogP contribution in [-0.4, -0.2) is 29.0 Å². The van der Waals surface area contributed by atoms with Crippen LogP contribution in [0.2, 0.25) is 5.02 Å². The van der Waals surface area contributed by atoms with Crippen LogP contribution < -0.4 is 10.6 Å². The summed E-state index contributed by atoms with van der Waals surface area (Å²) in [6.45, 7) is 8.77. The van der Waals surface area contributed by atoms with Crippen molar-refractivity contribution < 1.29 is 27.5 Å². The van der Waals surface area contributed by atoms with Gasteiger partial charge in [-0.25, -0.2) is 4.79 Å². The van der Waals surface area contributed by atoms with Gasteiger partial charge in [0.2, 0.25) is 0 Å². The standard InChI is InChI=1S/C28H29ClF3N3O3/c1-16-11-20(12-17(2)34-16)18-7-6-8-19(13-18)25(36)9-10-33-23-14-21(28(30,31)32)22(29)15-24(23)35-26(37)38-27(3,4)5/h6-8,11-15,33H,9-10H2,1-5H3,(H,35,37). The molecular formula is C28H29ClF3N3O3. The zero-order chi connectivity index (χ0) is 28.3. The van der Waals surface area contributed by atoms with E-state index in [1.54, 1.807) is 39.0 Å². The number of benzene rings is 2. The highest BCUT2D eigenvalue weighted by Gasteiger charge is 2.34. The van der Waals surface area contributed by atoms with Gasteiger partial charge in [0.05, 0.1) is 22.0 Å². The topological polar surface area (TPSA) is 80.3 Å². The molecule has 0 radical (unpaired) electrons. The van der Waals surface area contributed by atoms with Crippen LogP contribution in [0.4, 0.5) is 29.3 Å². The van der Waals surface area contributed by atoms with Gasteiger partial charge >= 0.3 is 12.3 Å². The highest BCUT2D eigenvalue weighted by molar-refractivity contribution is 6.32. The lowest BCUT2D eigenvalue weighted by atomic mass is 10.00. The van der Waals surface area contributed by atoms with Crippen molar-refractivity contribution in [3.8, 4) is 11.1 Å². The second-order valence-corrected chi connectivity index (χ2v) is 10.2. The van der Waals surface area contributed by atoms with Crippen LogP contribution >= 0.6 is 11.6 Å². The summed E-state index contributed by atoms with van der Waals surface area (Å²) >= 11 is 5.85. The maximum Gasteiger partial charge on any atom is 0.417 e. The molecule has 38 heavy (non-hydrogen) atoms. The summed E-state index contributed by atoms with van der Waals surface area (Å²) < 4.78 is 45.6. The molecule has 0 aliphatic carbocycles. The molecule has 3 aromatic rings. The average Bonchev–Trinajstić information content (AvgIpc) is 2.77. The van der Waals surface area contributed by atoms with Gasteiger partial charge in [0, 0.05) is 29.9 Å². The first-order valence-corrected chi connectivity index (χ1v) is 12.2. The van der Waals surface area contributed by atoms with Crippen LogP contribution in [0.1, 0.15) is 54.5 Å². The highest BCUT2D eigenvalue weighted by atomic mass is 35.5. The summed E-state index contributed by atoms with van der Waals surface area (Å²) in [7, 11) is 0. The van der Waals surface area contributed by atoms with Crippen molar-refractivity contribution in [2.75, 3.05) is 17.2 Å². The number of hydrogen-bond acceptors (Lipinski definition) is 5. The fourth-order valence-electron chi connectivity index (χ4n) is 3.78. The number of halogens is 4. The van der Waals surface area contributed by atoms with E-state index in [1.165, 1.54) is 0 Å². The first-order chi connectivity index (χ1) is 17.6. The van der Waals surface area contributed by atoms with Crippen LogP contribution in [0.15, 0.2) is 48.5 Å². The number of Topliss-reactive ketones (excluding diaryl/α,β-unsaturated/α-hetero) is 1. The van der Waals surface area contributed by atoms with Crippen LogP contribution in [0, 0.1) is 13.8 Å². The second-order valence-electron chi connectivity index (χ2n) is 9.82. The van der Waals surface area contributed by atoms with Crippen LogP contribution in [0.5, 0.6) is 0 Å². The number of pyridine rings is 1. The maximum absolute atomic E-state index is 13.5. The molecule has 1 heterocycles. The van der Waals surface area contributed by atoms with Crippen molar-refractivity contribution in [2.24, 2.45) is 0 Å². The lowest BCUT2D eigenvalue weighted by Gasteiger charge is -2.21. The van der Waals surface area contributed by atoms with E-state index in [1.807, 2.05) is 32.0 Å². The Balaban J connectivity index is 1.78. The van der Waals surface area contributed by atoms with E-state index in [-0.39, 0.29) is 30.1 Å². The van der Waals surface area contributed by atoms with Gasteiger partial charge in [0.25, 0.3) is 0 Å². The first-order valence-electron chi connectivity index (χ1n) is 11.9. The minimum atomic E-state index is -4.71. The lowest BCUT2D eigenvalue weighted by Crippen LogP contribution is -2.27. The SMILES string of the molecule is Cc1cc(-c2cccc(C(=O)CCNc3cc(C(F)(F)F)c(Cl)cc3NC(=O)OC(C)(C)C)c2)cc(C)n1. The molecule has 0 aliphatic heterocycles. The number of anilines is 2. The third-order valence-electron chi connectivity index (χ3n) is 5.32. The number of nitrogens with zero attached hydrogens (tertiary/aromatic N) is 1. The Morgan fingerprint density at radius 2 is 1.61 bits per heavy atom. The van der Waals surface area contributed by atoms with Crippen molar-refractivity contribution in [3.05, 3.63) is 76.1 Å². The van der Waals surface area contributed by atoms with E-state index in [9.17, 15) is 22.8 Å². The number of nitrogens with one attached hydrogen (secondary N) is 2. The third kappa shape index (κ3) is 7.95. The predicted molar refractivity (Wildman–Crippen MR) is 143 cm³/mol.